The zero-order valence-electron chi connectivity index (χ0n) is 11.3. The van der Waals surface area contributed by atoms with E-state index >= 15 is 0 Å². The molecule has 2 N–H and O–H groups in total. The van der Waals surface area contributed by atoms with E-state index in [0.717, 1.165) is 25.3 Å². The molecule has 2 aromatic rings. The van der Waals surface area contributed by atoms with Gasteiger partial charge in [0.25, 0.3) is 0 Å². The van der Waals surface area contributed by atoms with E-state index in [1.165, 1.54) is 22.9 Å². The minimum atomic E-state index is 0.712. The molecule has 1 aromatic carbocycles. The smallest absolute Gasteiger partial charge is 0.120 e. The van der Waals surface area contributed by atoms with Gasteiger partial charge in [-0.25, -0.2) is 0 Å². The standard InChI is InChI=1S/C15H22N2O/c1-3-8-16-9-7-12-11-17-15-6-5-13(18-4-2)10-14(12)15/h5-6,10-11,16-17H,3-4,7-9H2,1-2H3. The average Bonchev–Trinajstić information content (AvgIpc) is 2.78. The predicted molar refractivity (Wildman–Crippen MR) is 76.3 cm³/mol. The summed E-state index contributed by atoms with van der Waals surface area (Å²) >= 11 is 0. The highest BCUT2D eigenvalue weighted by molar-refractivity contribution is 5.84. The van der Waals surface area contributed by atoms with E-state index in [2.05, 4.69) is 35.6 Å². The van der Waals surface area contributed by atoms with E-state index in [0.29, 0.717) is 6.61 Å². The summed E-state index contributed by atoms with van der Waals surface area (Å²) in [6.45, 7) is 7.03. The van der Waals surface area contributed by atoms with E-state index < -0.39 is 0 Å². The van der Waals surface area contributed by atoms with Gasteiger partial charge in [0.2, 0.25) is 0 Å². The lowest BCUT2D eigenvalue weighted by Gasteiger charge is -2.04. The molecule has 0 aliphatic heterocycles. The maximum Gasteiger partial charge on any atom is 0.120 e. The van der Waals surface area contributed by atoms with E-state index in [1.54, 1.807) is 0 Å². The van der Waals surface area contributed by atoms with Crippen LogP contribution in [0.1, 0.15) is 25.8 Å². The van der Waals surface area contributed by atoms with Gasteiger partial charge < -0.3 is 15.0 Å². The van der Waals surface area contributed by atoms with Crippen LogP contribution in [-0.4, -0.2) is 24.7 Å². The first-order valence-corrected chi connectivity index (χ1v) is 6.78. The minimum absolute atomic E-state index is 0.712. The number of nitrogens with one attached hydrogen (secondary N) is 2. The zero-order chi connectivity index (χ0) is 12.8. The van der Waals surface area contributed by atoms with Crippen molar-refractivity contribution in [3.8, 4) is 5.75 Å². The van der Waals surface area contributed by atoms with E-state index in [-0.39, 0.29) is 0 Å². The molecule has 0 atom stereocenters. The molecule has 3 heteroatoms. The number of rotatable bonds is 7. The number of H-pyrrole nitrogens is 1. The van der Waals surface area contributed by atoms with Crippen LogP contribution < -0.4 is 10.1 Å². The normalized spacial score (nSPS) is 11.0. The average molecular weight is 246 g/mol. The van der Waals surface area contributed by atoms with Crippen LogP contribution >= 0.6 is 0 Å². The van der Waals surface area contributed by atoms with Crippen molar-refractivity contribution < 1.29 is 4.74 Å². The van der Waals surface area contributed by atoms with Crippen LogP contribution in [0, 0.1) is 0 Å². The molecule has 18 heavy (non-hydrogen) atoms. The van der Waals surface area contributed by atoms with Gasteiger partial charge in [-0.2, -0.15) is 0 Å². The van der Waals surface area contributed by atoms with Gasteiger partial charge in [0.15, 0.2) is 0 Å². The van der Waals surface area contributed by atoms with Gasteiger partial charge in [0, 0.05) is 17.1 Å². The van der Waals surface area contributed by atoms with Crippen LogP contribution in [0.4, 0.5) is 0 Å². The lowest BCUT2D eigenvalue weighted by molar-refractivity contribution is 0.340. The van der Waals surface area contributed by atoms with Crippen molar-refractivity contribution in [2.75, 3.05) is 19.7 Å². The molecule has 0 aliphatic carbocycles. The summed E-state index contributed by atoms with van der Waals surface area (Å²) in [4.78, 5) is 3.32. The lowest BCUT2D eigenvalue weighted by atomic mass is 10.1. The monoisotopic (exact) mass is 246 g/mol. The lowest BCUT2D eigenvalue weighted by Crippen LogP contribution is -2.17. The van der Waals surface area contributed by atoms with Crippen LogP contribution in [-0.2, 0) is 6.42 Å². The maximum absolute atomic E-state index is 5.55. The van der Waals surface area contributed by atoms with Gasteiger partial charge in [-0.05, 0) is 56.6 Å². The van der Waals surface area contributed by atoms with Crippen molar-refractivity contribution in [2.45, 2.75) is 26.7 Å². The summed E-state index contributed by atoms with van der Waals surface area (Å²) in [6, 6.07) is 6.23. The minimum Gasteiger partial charge on any atom is -0.494 e. The third kappa shape index (κ3) is 3.05. The molecule has 0 aliphatic rings. The largest absolute Gasteiger partial charge is 0.494 e. The Bertz CT molecular complexity index is 490. The summed E-state index contributed by atoms with van der Waals surface area (Å²) in [5.74, 6) is 0.951. The highest BCUT2D eigenvalue weighted by atomic mass is 16.5. The quantitative estimate of drug-likeness (QED) is 0.737. The molecule has 1 aromatic heterocycles. The summed E-state index contributed by atoms with van der Waals surface area (Å²) < 4.78 is 5.55. The second-order valence-corrected chi connectivity index (χ2v) is 4.45. The molecule has 0 bridgehead atoms. The topological polar surface area (TPSA) is 37.0 Å². The van der Waals surface area contributed by atoms with Gasteiger partial charge in [-0.1, -0.05) is 6.92 Å². The van der Waals surface area contributed by atoms with Crippen molar-refractivity contribution in [1.29, 1.82) is 0 Å². The first kappa shape index (κ1) is 13.0. The van der Waals surface area contributed by atoms with E-state index in [9.17, 15) is 0 Å². The fraction of sp³-hybridized carbons (Fsp3) is 0.467. The van der Waals surface area contributed by atoms with Crippen molar-refractivity contribution in [3.63, 3.8) is 0 Å². The second kappa shape index (κ2) is 6.45. The Balaban J connectivity index is 2.09. The summed E-state index contributed by atoms with van der Waals surface area (Å²) in [5, 5.41) is 4.71. The van der Waals surface area contributed by atoms with Crippen LogP contribution in [0.25, 0.3) is 10.9 Å². The molecule has 0 fully saturated rings. The number of benzene rings is 1. The SMILES string of the molecule is CCCNCCc1c[nH]c2ccc(OCC)cc12. The third-order valence-corrected chi connectivity index (χ3v) is 3.05. The molecule has 2 rings (SSSR count). The number of aromatic nitrogens is 1. The number of fused-ring (bicyclic) bond motifs is 1. The van der Waals surface area contributed by atoms with Gasteiger partial charge in [-0.15, -0.1) is 0 Å². The number of hydrogen-bond donors (Lipinski definition) is 2. The van der Waals surface area contributed by atoms with Gasteiger partial charge in [0.05, 0.1) is 6.61 Å². The second-order valence-electron chi connectivity index (χ2n) is 4.45. The van der Waals surface area contributed by atoms with E-state index in [4.69, 9.17) is 4.74 Å². The molecule has 0 amide bonds. The van der Waals surface area contributed by atoms with Crippen molar-refractivity contribution in [3.05, 3.63) is 30.0 Å². The van der Waals surface area contributed by atoms with Crippen LogP contribution in [0.2, 0.25) is 0 Å². The summed E-state index contributed by atoms with van der Waals surface area (Å²) in [6.07, 6.45) is 4.34. The molecule has 3 nitrogen and oxygen atoms in total. The Kier molecular flexibility index (Phi) is 4.65. The molecule has 1 heterocycles. The molecule has 0 radical (unpaired) electrons. The molecule has 0 saturated carbocycles. The van der Waals surface area contributed by atoms with Gasteiger partial charge in [0.1, 0.15) is 5.75 Å². The van der Waals surface area contributed by atoms with Crippen molar-refractivity contribution in [1.82, 2.24) is 10.3 Å². The molecule has 0 spiro atoms. The Morgan fingerprint density at radius 1 is 1.22 bits per heavy atom. The Morgan fingerprint density at radius 3 is 2.89 bits per heavy atom. The highest BCUT2D eigenvalue weighted by Gasteiger charge is 2.04. The predicted octanol–water partition coefficient (Wildman–Crippen LogP) is 3.11. The molecular formula is C15H22N2O. The molecule has 0 unspecified atom stereocenters. The molecule has 0 saturated heterocycles. The van der Waals surface area contributed by atoms with Gasteiger partial charge in [-0.3, -0.25) is 0 Å². The fourth-order valence-electron chi connectivity index (χ4n) is 2.15. The molecular weight excluding hydrogens is 224 g/mol. The van der Waals surface area contributed by atoms with Crippen LogP contribution in [0.15, 0.2) is 24.4 Å². The Labute approximate surface area is 109 Å². The zero-order valence-corrected chi connectivity index (χ0v) is 11.3. The molecule has 98 valence electrons. The van der Waals surface area contributed by atoms with Crippen LogP contribution in [0.5, 0.6) is 5.75 Å². The summed E-state index contributed by atoms with van der Waals surface area (Å²) in [5.41, 5.74) is 2.54. The maximum atomic E-state index is 5.55. The first-order valence-electron chi connectivity index (χ1n) is 6.78. The van der Waals surface area contributed by atoms with E-state index in [1.807, 2.05) is 13.0 Å². The third-order valence-electron chi connectivity index (χ3n) is 3.05. The van der Waals surface area contributed by atoms with Crippen LogP contribution in [0.3, 0.4) is 0 Å². The number of aromatic amines is 1. The Hall–Kier alpha value is -1.48. The fourth-order valence-corrected chi connectivity index (χ4v) is 2.15. The van der Waals surface area contributed by atoms with Crippen molar-refractivity contribution in [2.24, 2.45) is 0 Å². The highest BCUT2D eigenvalue weighted by Crippen LogP contribution is 2.23. The van der Waals surface area contributed by atoms with Crippen molar-refractivity contribution >= 4 is 10.9 Å². The number of ether oxygens (including phenoxy) is 1. The first-order chi connectivity index (χ1) is 8.85. The Morgan fingerprint density at radius 2 is 2.11 bits per heavy atom. The summed E-state index contributed by atoms with van der Waals surface area (Å²) in [7, 11) is 0. The number of hydrogen-bond acceptors (Lipinski definition) is 2. The van der Waals surface area contributed by atoms with Gasteiger partial charge >= 0.3 is 0 Å².